The maximum absolute atomic E-state index is 12.1. The summed E-state index contributed by atoms with van der Waals surface area (Å²) in [5.41, 5.74) is 0.602. The smallest absolute Gasteiger partial charge is 0.306 e. The van der Waals surface area contributed by atoms with Crippen molar-refractivity contribution in [3.05, 3.63) is 33.8 Å². The number of halogens is 2. The second-order valence-electron chi connectivity index (χ2n) is 5.30. The summed E-state index contributed by atoms with van der Waals surface area (Å²) >= 11 is 13.3. The molecule has 6 heteroatoms. The fraction of sp³-hybridized carbons (Fsp3) is 0.467. The van der Waals surface area contributed by atoms with E-state index in [9.17, 15) is 9.59 Å². The number of ketones is 1. The molecule has 0 N–H and O–H groups in total. The third-order valence-corrected chi connectivity index (χ3v) is 5.61. The minimum Gasteiger partial charge on any atom is -0.469 e. The maximum Gasteiger partial charge on any atom is 0.306 e. The first kappa shape index (κ1) is 16.7. The molecule has 0 unspecified atom stereocenters. The van der Waals surface area contributed by atoms with Gasteiger partial charge in [0.1, 0.15) is 0 Å². The number of carbonyl (C=O) groups excluding carboxylic acids is 2. The van der Waals surface area contributed by atoms with Gasteiger partial charge in [0.25, 0.3) is 0 Å². The Hall–Kier alpha value is -0.710. The van der Waals surface area contributed by atoms with E-state index in [2.05, 4.69) is 0 Å². The van der Waals surface area contributed by atoms with Crippen molar-refractivity contribution in [2.75, 3.05) is 18.6 Å². The topological polar surface area (TPSA) is 43.4 Å². The zero-order valence-corrected chi connectivity index (χ0v) is 14.0. The molecule has 114 valence electrons. The van der Waals surface area contributed by atoms with Crippen molar-refractivity contribution in [2.45, 2.75) is 19.3 Å². The Morgan fingerprint density at radius 3 is 2.57 bits per heavy atom. The molecular weight excluding hydrogens is 331 g/mol. The third-order valence-electron chi connectivity index (χ3n) is 3.59. The van der Waals surface area contributed by atoms with Crippen molar-refractivity contribution in [3.63, 3.8) is 0 Å². The van der Waals surface area contributed by atoms with E-state index >= 15 is 0 Å². The maximum atomic E-state index is 12.1. The number of esters is 1. The monoisotopic (exact) mass is 346 g/mol. The number of rotatable bonds is 7. The Kier molecular flexibility index (Phi) is 5.58. The lowest BCUT2D eigenvalue weighted by Gasteiger charge is -2.12. The Labute approximate surface area is 138 Å². The first-order valence-corrected chi connectivity index (χ1v) is 8.50. The molecule has 0 saturated heterocycles. The van der Waals surface area contributed by atoms with E-state index in [0.717, 1.165) is 18.6 Å². The molecule has 3 nitrogen and oxygen atoms in total. The van der Waals surface area contributed by atoms with E-state index in [0.29, 0.717) is 27.8 Å². The molecule has 1 aliphatic carbocycles. The molecule has 1 aliphatic rings. The van der Waals surface area contributed by atoms with Gasteiger partial charge in [0, 0.05) is 5.56 Å². The minimum atomic E-state index is -0.177. The van der Waals surface area contributed by atoms with Crippen LogP contribution in [0.4, 0.5) is 0 Å². The van der Waals surface area contributed by atoms with E-state index in [-0.39, 0.29) is 17.2 Å². The molecule has 1 fully saturated rings. The number of methoxy groups -OCH3 is 1. The van der Waals surface area contributed by atoms with Crippen molar-refractivity contribution in [1.29, 1.82) is 0 Å². The van der Waals surface area contributed by atoms with Crippen LogP contribution in [-0.2, 0) is 9.53 Å². The molecule has 0 bridgehead atoms. The molecule has 0 aromatic heterocycles. The predicted molar refractivity (Wildman–Crippen MR) is 86.4 cm³/mol. The van der Waals surface area contributed by atoms with Crippen LogP contribution in [0.1, 0.15) is 29.6 Å². The van der Waals surface area contributed by atoms with E-state index in [1.807, 2.05) is 0 Å². The fourth-order valence-electron chi connectivity index (χ4n) is 2.04. The van der Waals surface area contributed by atoms with E-state index in [4.69, 9.17) is 27.9 Å². The quantitative estimate of drug-likeness (QED) is 0.546. The number of thioether (sulfide) groups is 1. The van der Waals surface area contributed by atoms with E-state index in [1.54, 1.807) is 30.0 Å². The van der Waals surface area contributed by atoms with Gasteiger partial charge in [-0.1, -0.05) is 23.2 Å². The molecule has 1 aromatic carbocycles. The number of benzene rings is 1. The molecule has 2 rings (SSSR count). The lowest BCUT2D eigenvalue weighted by molar-refractivity contribution is -0.141. The molecule has 0 radical (unpaired) electrons. The van der Waals surface area contributed by atoms with Crippen molar-refractivity contribution >= 4 is 46.7 Å². The highest BCUT2D eigenvalue weighted by Gasteiger charge is 2.44. The van der Waals surface area contributed by atoms with Crippen LogP contribution >= 0.6 is 35.0 Å². The van der Waals surface area contributed by atoms with Gasteiger partial charge in [-0.25, -0.2) is 0 Å². The first-order valence-electron chi connectivity index (χ1n) is 6.59. The van der Waals surface area contributed by atoms with Crippen LogP contribution in [0.5, 0.6) is 0 Å². The van der Waals surface area contributed by atoms with Crippen molar-refractivity contribution in [1.82, 2.24) is 0 Å². The second-order valence-corrected chi connectivity index (χ2v) is 7.10. The summed E-state index contributed by atoms with van der Waals surface area (Å²) in [6, 6.07) is 4.90. The highest BCUT2D eigenvalue weighted by atomic mass is 35.5. The first-order chi connectivity index (χ1) is 9.96. The van der Waals surface area contributed by atoms with Gasteiger partial charge in [-0.3, -0.25) is 9.59 Å². The fourth-order valence-corrected chi connectivity index (χ4v) is 3.62. The zero-order chi connectivity index (χ0) is 15.5. The van der Waals surface area contributed by atoms with Crippen LogP contribution in [0.3, 0.4) is 0 Å². The van der Waals surface area contributed by atoms with Crippen LogP contribution < -0.4 is 0 Å². The Morgan fingerprint density at radius 2 is 2.00 bits per heavy atom. The Balaban J connectivity index is 1.82. The number of ether oxygens (including phenoxy) is 1. The number of hydrogen-bond acceptors (Lipinski definition) is 4. The Bertz CT molecular complexity index is 556. The lowest BCUT2D eigenvalue weighted by Crippen LogP contribution is -2.14. The van der Waals surface area contributed by atoms with Crippen molar-refractivity contribution in [2.24, 2.45) is 5.41 Å². The zero-order valence-electron chi connectivity index (χ0n) is 11.7. The third kappa shape index (κ3) is 4.63. The Morgan fingerprint density at radius 1 is 1.29 bits per heavy atom. The largest absolute Gasteiger partial charge is 0.469 e. The van der Waals surface area contributed by atoms with Crippen LogP contribution in [0.25, 0.3) is 0 Å². The van der Waals surface area contributed by atoms with Crippen LogP contribution in [0.15, 0.2) is 18.2 Å². The van der Waals surface area contributed by atoms with Crippen LogP contribution in [-0.4, -0.2) is 30.4 Å². The van der Waals surface area contributed by atoms with Gasteiger partial charge in [-0.05, 0) is 42.2 Å². The predicted octanol–water partition coefficient (Wildman–Crippen LogP) is 4.25. The average Bonchev–Trinajstić information content (AvgIpc) is 3.21. The summed E-state index contributed by atoms with van der Waals surface area (Å²) in [6.45, 7) is 0. The van der Waals surface area contributed by atoms with Gasteiger partial charge in [-0.2, -0.15) is 11.8 Å². The molecular formula is C15H16Cl2O3S. The summed E-state index contributed by atoms with van der Waals surface area (Å²) in [5, 5.41) is 0.827. The number of carbonyl (C=O) groups is 2. The van der Waals surface area contributed by atoms with Gasteiger partial charge in [-0.15, -0.1) is 0 Å². The summed E-state index contributed by atoms with van der Waals surface area (Å²) < 4.78 is 4.70. The molecule has 0 spiro atoms. The minimum absolute atomic E-state index is 0.0208. The molecule has 0 aliphatic heterocycles. The number of hydrogen-bond donors (Lipinski definition) is 0. The average molecular weight is 347 g/mol. The SMILES string of the molecule is COC(=O)CC1(CSCC(=O)c2ccc(Cl)c(Cl)c2)CC1. The molecule has 0 heterocycles. The molecule has 1 aromatic rings. The lowest BCUT2D eigenvalue weighted by atomic mass is 10.1. The van der Waals surface area contributed by atoms with E-state index < -0.39 is 0 Å². The standard InChI is InChI=1S/C15H16Cl2O3S/c1-20-14(19)7-15(4-5-15)9-21-8-13(18)10-2-3-11(16)12(17)6-10/h2-3,6H,4-5,7-9H2,1H3. The summed E-state index contributed by atoms with van der Waals surface area (Å²) in [7, 11) is 1.40. The van der Waals surface area contributed by atoms with Crippen LogP contribution in [0.2, 0.25) is 10.0 Å². The van der Waals surface area contributed by atoms with Crippen LogP contribution in [0, 0.1) is 5.41 Å². The van der Waals surface area contributed by atoms with E-state index in [1.165, 1.54) is 7.11 Å². The number of Topliss-reactive ketones (excluding diaryl/α,β-unsaturated/α-hetero) is 1. The highest BCUT2D eigenvalue weighted by Crippen LogP contribution is 2.51. The molecule has 0 amide bonds. The summed E-state index contributed by atoms with van der Waals surface area (Å²) in [5.74, 6) is 1.02. The second kappa shape index (κ2) is 7.03. The van der Waals surface area contributed by atoms with Crippen molar-refractivity contribution in [3.8, 4) is 0 Å². The van der Waals surface area contributed by atoms with Gasteiger partial charge >= 0.3 is 5.97 Å². The van der Waals surface area contributed by atoms with Crippen molar-refractivity contribution < 1.29 is 14.3 Å². The van der Waals surface area contributed by atoms with Gasteiger partial charge in [0.15, 0.2) is 5.78 Å². The van der Waals surface area contributed by atoms with Gasteiger partial charge < -0.3 is 4.74 Å². The molecule has 1 saturated carbocycles. The molecule has 21 heavy (non-hydrogen) atoms. The van der Waals surface area contributed by atoms with Gasteiger partial charge in [0.05, 0.1) is 29.3 Å². The normalized spacial score (nSPS) is 15.6. The van der Waals surface area contributed by atoms with Gasteiger partial charge in [0.2, 0.25) is 0 Å². The highest BCUT2D eigenvalue weighted by molar-refractivity contribution is 8.00. The summed E-state index contributed by atoms with van der Waals surface area (Å²) in [4.78, 5) is 23.4. The molecule has 0 atom stereocenters. The summed E-state index contributed by atoms with van der Waals surface area (Å²) in [6.07, 6.45) is 2.49.